The average molecular weight is 501 g/mol. The summed E-state index contributed by atoms with van der Waals surface area (Å²) in [6.45, 7) is 6.64. The minimum atomic E-state index is -0.433. The molecule has 5 rings (SSSR count). The number of rotatable bonds is 7. The van der Waals surface area contributed by atoms with Gasteiger partial charge in [-0.1, -0.05) is 69.2 Å². The maximum atomic E-state index is 13.9. The number of carbonyl (C=O) groups is 1. The van der Waals surface area contributed by atoms with Crippen LogP contribution in [0.25, 0.3) is 0 Å². The van der Waals surface area contributed by atoms with Crippen LogP contribution >= 0.6 is 0 Å². The van der Waals surface area contributed by atoms with Crippen molar-refractivity contribution in [2.75, 3.05) is 18.0 Å². The Labute approximate surface area is 219 Å². The molecule has 1 aromatic heterocycles. The van der Waals surface area contributed by atoms with Crippen molar-refractivity contribution in [3.8, 4) is 0 Å². The van der Waals surface area contributed by atoms with Crippen molar-refractivity contribution in [1.82, 2.24) is 15.3 Å². The van der Waals surface area contributed by atoms with Crippen LogP contribution in [0.5, 0.6) is 0 Å². The Morgan fingerprint density at radius 2 is 1.70 bits per heavy atom. The molecular formula is C31H37FN4O. The molecule has 1 N–H and O–H groups in total. The minimum Gasteiger partial charge on any atom is -0.348 e. The third-order valence-corrected chi connectivity index (χ3v) is 8.20. The fourth-order valence-corrected chi connectivity index (χ4v) is 5.96. The van der Waals surface area contributed by atoms with Gasteiger partial charge in [-0.2, -0.15) is 0 Å². The van der Waals surface area contributed by atoms with Crippen molar-refractivity contribution in [2.45, 2.75) is 70.8 Å². The zero-order valence-corrected chi connectivity index (χ0v) is 22.0. The normalized spacial score (nSPS) is 17.6. The van der Waals surface area contributed by atoms with E-state index in [0.29, 0.717) is 24.4 Å². The molecule has 3 aromatic rings. The highest BCUT2D eigenvalue weighted by Crippen LogP contribution is 2.47. The van der Waals surface area contributed by atoms with Crippen molar-refractivity contribution in [2.24, 2.45) is 5.92 Å². The van der Waals surface area contributed by atoms with E-state index < -0.39 is 5.41 Å². The number of hydrogen-bond acceptors (Lipinski definition) is 4. The van der Waals surface area contributed by atoms with Crippen LogP contribution in [0.15, 0.2) is 54.6 Å². The van der Waals surface area contributed by atoms with Crippen molar-refractivity contribution in [3.05, 3.63) is 88.5 Å². The third kappa shape index (κ3) is 5.25. The van der Waals surface area contributed by atoms with Crippen LogP contribution in [0.2, 0.25) is 0 Å². The molecule has 1 aliphatic carbocycles. The molecule has 0 radical (unpaired) electrons. The van der Waals surface area contributed by atoms with E-state index in [2.05, 4.69) is 24.1 Å². The number of benzene rings is 2. The standard InChI is InChI=1S/C31H37FN4O/c1-3-26-27(29(37)33-21-23-9-5-4-6-10-23)28(35-30(34-26)36-19-15-22(2)16-20-36)31(17-7-8-18-31)24-11-13-25(32)14-12-24/h4-6,9-14,22H,3,7-8,15-21H2,1-2H3,(H,33,37). The van der Waals surface area contributed by atoms with E-state index in [0.717, 1.165) is 80.1 Å². The molecule has 5 nitrogen and oxygen atoms in total. The second-order valence-electron chi connectivity index (χ2n) is 10.7. The molecule has 37 heavy (non-hydrogen) atoms. The summed E-state index contributed by atoms with van der Waals surface area (Å²) in [5, 5.41) is 3.14. The number of hydrogen-bond donors (Lipinski definition) is 1. The van der Waals surface area contributed by atoms with Crippen LogP contribution in [0.4, 0.5) is 10.3 Å². The van der Waals surface area contributed by atoms with Crippen molar-refractivity contribution < 1.29 is 9.18 Å². The van der Waals surface area contributed by atoms with E-state index in [4.69, 9.17) is 9.97 Å². The summed E-state index contributed by atoms with van der Waals surface area (Å²) in [7, 11) is 0. The smallest absolute Gasteiger partial charge is 0.255 e. The SMILES string of the molecule is CCc1nc(N2CCC(C)CC2)nc(C2(c3ccc(F)cc3)CCCC2)c1C(=O)NCc1ccccc1. The summed E-state index contributed by atoms with van der Waals surface area (Å²) in [5.74, 6) is 1.04. The second-order valence-corrected chi connectivity index (χ2v) is 10.7. The third-order valence-electron chi connectivity index (χ3n) is 8.20. The summed E-state index contributed by atoms with van der Waals surface area (Å²) >= 11 is 0. The van der Waals surface area contributed by atoms with Gasteiger partial charge in [0.2, 0.25) is 5.95 Å². The molecule has 0 bridgehead atoms. The number of nitrogens with one attached hydrogen (secondary N) is 1. The molecule has 2 fully saturated rings. The average Bonchev–Trinajstić information content (AvgIpc) is 3.43. The first-order valence-electron chi connectivity index (χ1n) is 13.7. The number of piperidine rings is 1. The molecule has 6 heteroatoms. The van der Waals surface area contributed by atoms with Crippen LogP contribution in [0.3, 0.4) is 0 Å². The monoisotopic (exact) mass is 500 g/mol. The van der Waals surface area contributed by atoms with E-state index in [-0.39, 0.29) is 11.7 Å². The zero-order valence-electron chi connectivity index (χ0n) is 22.0. The Bertz CT molecular complexity index is 1210. The van der Waals surface area contributed by atoms with Crippen LogP contribution in [-0.4, -0.2) is 29.0 Å². The lowest BCUT2D eigenvalue weighted by molar-refractivity contribution is 0.0946. The van der Waals surface area contributed by atoms with Crippen LogP contribution < -0.4 is 10.2 Å². The van der Waals surface area contributed by atoms with E-state index in [1.807, 2.05) is 42.5 Å². The van der Waals surface area contributed by atoms with E-state index >= 15 is 0 Å². The van der Waals surface area contributed by atoms with Crippen LogP contribution in [-0.2, 0) is 18.4 Å². The Kier molecular flexibility index (Phi) is 7.54. The quantitative estimate of drug-likeness (QED) is 0.419. The molecule has 2 heterocycles. The van der Waals surface area contributed by atoms with Gasteiger partial charge in [0.25, 0.3) is 5.91 Å². The van der Waals surface area contributed by atoms with Crippen molar-refractivity contribution in [3.63, 3.8) is 0 Å². The van der Waals surface area contributed by atoms with Crippen molar-refractivity contribution >= 4 is 11.9 Å². The topological polar surface area (TPSA) is 58.1 Å². The molecule has 0 unspecified atom stereocenters. The minimum absolute atomic E-state index is 0.136. The fourth-order valence-electron chi connectivity index (χ4n) is 5.96. The molecule has 1 saturated carbocycles. The molecule has 194 valence electrons. The van der Waals surface area contributed by atoms with Gasteiger partial charge in [0, 0.05) is 25.0 Å². The lowest BCUT2D eigenvalue weighted by atomic mass is 9.73. The maximum absolute atomic E-state index is 13.9. The van der Waals surface area contributed by atoms with Gasteiger partial charge in [-0.05, 0) is 61.3 Å². The molecule has 0 atom stereocenters. The van der Waals surface area contributed by atoms with Gasteiger partial charge >= 0.3 is 0 Å². The van der Waals surface area contributed by atoms with E-state index in [1.54, 1.807) is 0 Å². The van der Waals surface area contributed by atoms with Crippen LogP contribution in [0, 0.1) is 11.7 Å². The summed E-state index contributed by atoms with van der Waals surface area (Å²) in [6.07, 6.45) is 6.73. The Balaban J connectivity index is 1.62. The molecule has 1 aliphatic heterocycles. The predicted molar refractivity (Wildman–Crippen MR) is 145 cm³/mol. The van der Waals surface area contributed by atoms with Gasteiger partial charge in [-0.25, -0.2) is 14.4 Å². The first-order chi connectivity index (χ1) is 18.0. The van der Waals surface area contributed by atoms with Gasteiger partial charge in [-0.15, -0.1) is 0 Å². The highest BCUT2D eigenvalue weighted by atomic mass is 19.1. The number of carbonyl (C=O) groups excluding carboxylic acids is 1. The van der Waals surface area contributed by atoms with E-state index in [9.17, 15) is 9.18 Å². The van der Waals surface area contributed by atoms with Gasteiger partial charge < -0.3 is 10.2 Å². The van der Waals surface area contributed by atoms with Gasteiger partial charge in [0.1, 0.15) is 5.82 Å². The number of amides is 1. The fraction of sp³-hybridized carbons (Fsp3) is 0.452. The summed E-state index contributed by atoms with van der Waals surface area (Å²) < 4.78 is 13.9. The predicted octanol–water partition coefficient (Wildman–Crippen LogP) is 6.20. The number of aryl methyl sites for hydroxylation is 1. The summed E-state index contributed by atoms with van der Waals surface area (Å²) in [4.78, 5) is 26.3. The van der Waals surface area contributed by atoms with Gasteiger partial charge in [0.15, 0.2) is 0 Å². The molecule has 1 amide bonds. The molecule has 2 aromatic carbocycles. The number of aromatic nitrogens is 2. The lowest BCUT2D eigenvalue weighted by Gasteiger charge is -2.35. The maximum Gasteiger partial charge on any atom is 0.255 e. The highest BCUT2D eigenvalue weighted by Gasteiger charge is 2.43. The number of anilines is 1. The summed E-state index contributed by atoms with van der Waals surface area (Å²) in [6, 6.07) is 16.8. The van der Waals surface area contributed by atoms with Crippen molar-refractivity contribution in [1.29, 1.82) is 0 Å². The number of halogens is 1. The summed E-state index contributed by atoms with van der Waals surface area (Å²) in [5.41, 5.74) is 3.84. The molecule has 1 saturated heterocycles. The Morgan fingerprint density at radius 3 is 2.35 bits per heavy atom. The number of nitrogens with zero attached hydrogens (tertiary/aromatic N) is 3. The van der Waals surface area contributed by atoms with E-state index in [1.165, 1.54) is 12.1 Å². The largest absolute Gasteiger partial charge is 0.348 e. The lowest BCUT2D eigenvalue weighted by Crippen LogP contribution is -2.38. The first-order valence-corrected chi connectivity index (χ1v) is 13.7. The molecule has 2 aliphatic rings. The Hall–Kier alpha value is -3.28. The second kappa shape index (κ2) is 11.0. The Morgan fingerprint density at radius 1 is 1.03 bits per heavy atom. The van der Waals surface area contributed by atoms with Gasteiger partial charge in [0.05, 0.1) is 17.0 Å². The van der Waals surface area contributed by atoms with Gasteiger partial charge in [-0.3, -0.25) is 4.79 Å². The molecular weight excluding hydrogens is 463 g/mol. The molecule has 0 spiro atoms. The zero-order chi connectivity index (χ0) is 25.8. The van der Waals surface area contributed by atoms with Crippen LogP contribution in [0.1, 0.15) is 85.2 Å². The first kappa shape index (κ1) is 25.4. The highest BCUT2D eigenvalue weighted by molar-refractivity contribution is 5.97.